The highest BCUT2D eigenvalue weighted by molar-refractivity contribution is 5.56. The van der Waals surface area contributed by atoms with Crippen LogP contribution in [0.4, 0.5) is 17.5 Å². The van der Waals surface area contributed by atoms with Gasteiger partial charge < -0.3 is 10.6 Å². The molecule has 1 saturated carbocycles. The van der Waals surface area contributed by atoms with Crippen LogP contribution < -0.4 is 10.6 Å². The third-order valence-electron chi connectivity index (χ3n) is 2.97. The number of hydrogen-bond donors (Lipinski definition) is 2. The summed E-state index contributed by atoms with van der Waals surface area (Å²) < 4.78 is 0. The van der Waals surface area contributed by atoms with Crippen molar-refractivity contribution in [3.63, 3.8) is 0 Å². The molecule has 0 bridgehead atoms. The van der Waals surface area contributed by atoms with Crippen LogP contribution in [0.1, 0.15) is 19.3 Å². The highest BCUT2D eigenvalue weighted by Crippen LogP contribution is 2.28. The van der Waals surface area contributed by atoms with E-state index < -0.39 is 4.92 Å². The first kappa shape index (κ1) is 11.6. The number of hydrogen-bond acceptors (Lipinski definition) is 6. The first-order valence-electron chi connectivity index (χ1n) is 5.63. The van der Waals surface area contributed by atoms with Crippen LogP contribution in [0.15, 0.2) is 6.20 Å². The third kappa shape index (κ3) is 2.61. The second-order valence-electron chi connectivity index (χ2n) is 4.11. The summed E-state index contributed by atoms with van der Waals surface area (Å²) in [6, 6.07) is 0. The number of nitrogens with one attached hydrogen (secondary N) is 2. The van der Waals surface area contributed by atoms with E-state index >= 15 is 0 Å². The molecule has 0 radical (unpaired) electrons. The Bertz CT molecular complexity index is 419. The van der Waals surface area contributed by atoms with Crippen molar-refractivity contribution in [2.24, 2.45) is 5.92 Å². The molecule has 0 saturated heterocycles. The molecule has 7 heteroatoms. The molecule has 1 aliphatic rings. The number of anilines is 2. The van der Waals surface area contributed by atoms with Crippen molar-refractivity contribution in [1.82, 2.24) is 9.97 Å². The van der Waals surface area contributed by atoms with Crippen molar-refractivity contribution in [1.29, 1.82) is 0 Å². The lowest BCUT2D eigenvalue weighted by molar-refractivity contribution is -0.384. The Morgan fingerprint density at radius 2 is 2.35 bits per heavy atom. The minimum absolute atomic E-state index is 0.0803. The van der Waals surface area contributed by atoms with Gasteiger partial charge in [-0.25, -0.2) is 4.98 Å². The van der Waals surface area contributed by atoms with Crippen LogP contribution in [0.2, 0.25) is 0 Å². The maximum atomic E-state index is 10.8. The molecule has 0 unspecified atom stereocenters. The minimum atomic E-state index is -0.470. The average molecular weight is 237 g/mol. The van der Waals surface area contributed by atoms with Crippen molar-refractivity contribution in [2.75, 3.05) is 24.2 Å². The first-order chi connectivity index (χ1) is 8.20. The molecule has 1 heterocycles. The maximum absolute atomic E-state index is 10.8. The molecule has 0 atom stereocenters. The van der Waals surface area contributed by atoms with Crippen LogP contribution in [0.3, 0.4) is 0 Å². The second kappa shape index (κ2) is 4.94. The molecule has 1 fully saturated rings. The predicted molar refractivity (Wildman–Crippen MR) is 64.1 cm³/mol. The van der Waals surface area contributed by atoms with Gasteiger partial charge in [-0.05, 0) is 18.8 Å². The Labute approximate surface area is 98.8 Å². The first-order valence-corrected chi connectivity index (χ1v) is 5.63. The van der Waals surface area contributed by atoms with E-state index in [2.05, 4.69) is 20.6 Å². The van der Waals surface area contributed by atoms with Crippen molar-refractivity contribution in [3.05, 3.63) is 16.3 Å². The van der Waals surface area contributed by atoms with Crippen molar-refractivity contribution < 1.29 is 4.92 Å². The highest BCUT2D eigenvalue weighted by Gasteiger charge is 2.21. The molecule has 1 aromatic rings. The van der Waals surface area contributed by atoms with E-state index in [4.69, 9.17) is 0 Å². The van der Waals surface area contributed by atoms with Crippen LogP contribution in [0.25, 0.3) is 0 Å². The van der Waals surface area contributed by atoms with Crippen LogP contribution in [0, 0.1) is 16.0 Å². The lowest BCUT2D eigenvalue weighted by Crippen LogP contribution is -2.22. The Morgan fingerprint density at radius 3 is 2.88 bits per heavy atom. The van der Waals surface area contributed by atoms with Crippen LogP contribution in [-0.2, 0) is 0 Å². The van der Waals surface area contributed by atoms with Crippen LogP contribution in [-0.4, -0.2) is 28.5 Å². The summed E-state index contributed by atoms with van der Waals surface area (Å²) in [5, 5.41) is 16.6. The standard InChI is InChI=1S/C10H15N5O2/c1-11-10-13-6-8(15(16)17)9(14-10)12-5-7-3-2-4-7/h6-7H,2-5H2,1H3,(H2,11,12,13,14). The fourth-order valence-electron chi connectivity index (χ4n) is 1.70. The summed E-state index contributed by atoms with van der Waals surface area (Å²) in [5.41, 5.74) is -0.0803. The Balaban J connectivity index is 2.12. The fraction of sp³-hybridized carbons (Fsp3) is 0.600. The lowest BCUT2D eigenvalue weighted by Gasteiger charge is -2.25. The van der Waals surface area contributed by atoms with Crippen molar-refractivity contribution >= 4 is 17.5 Å². The van der Waals surface area contributed by atoms with Crippen LogP contribution >= 0.6 is 0 Å². The minimum Gasteiger partial charge on any atom is -0.364 e. The molecule has 2 rings (SSSR count). The lowest BCUT2D eigenvalue weighted by atomic mass is 9.85. The second-order valence-corrected chi connectivity index (χ2v) is 4.11. The molecular formula is C10H15N5O2. The van der Waals surface area contributed by atoms with Crippen molar-refractivity contribution in [3.8, 4) is 0 Å². The van der Waals surface area contributed by atoms with E-state index in [0.717, 1.165) is 6.54 Å². The average Bonchev–Trinajstić information content (AvgIpc) is 2.26. The number of nitrogens with zero attached hydrogens (tertiary/aromatic N) is 3. The third-order valence-corrected chi connectivity index (χ3v) is 2.97. The molecule has 7 nitrogen and oxygen atoms in total. The zero-order valence-corrected chi connectivity index (χ0v) is 9.64. The van der Waals surface area contributed by atoms with Crippen molar-refractivity contribution in [2.45, 2.75) is 19.3 Å². The monoisotopic (exact) mass is 237 g/mol. The Hall–Kier alpha value is -1.92. The zero-order valence-electron chi connectivity index (χ0n) is 9.64. The molecule has 1 aromatic heterocycles. The summed E-state index contributed by atoms with van der Waals surface area (Å²) in [7, 11) is 1.68. The molecule has 0 amide bonds. The van der Waals surface area contributed by atoms with E-state index in [1.165, 1.54) is 25.5 Å². The molecule has 0 aliphatic heterocycles. The molecule has 17 heavy (non-hydrogen) atoms. The predicted octanol–water partition coefficient (Wildman–Crippen LogP) is 1.64. The van der Waals surface area contributed by atoms with Gasteiger partial charge in [-0.2, -0.15) is 4.98 Å². The molecule has 92 valence electrons. The zero-order chi connectivity index (χ0) is 12.3. The van der Waals surface area contributed by atoms with Gasteiger partial charge in [-0.3, -0.25) is 10.1 Å². The van der Waals surface area contributed by atoms with E-state index in [1.54, 1.807) is 7.05 Å². The van der Waals surface area contributed by atoms with Crippen LogP contribution in [0.5, 0.6) is 0 Å². The van der Waals surface area contributed by atoms with Gasteiger partial charge in [-0.15, -0.1) is 0 Å². The summed E-state index contributed by atoms with van der Waals surface area (Å²) in [6.07, 6.45) is 4.84. The van der Waals surface area contributed by atoms with Gasteiger partial charge in [0.2, 0.25) is 11.8 Å². The van der Waals surface area contributed by atoms with Gasteiger partial charge in [0.05, 0.1) is 4.92 Å². The van der Waals surface area contributed by atoms with Gasteiger partial charge in [0.25, 0.3) is 0 Å². The largest absolute Gasteiger partial charge is 0.364 e. The summed E-state index contributed by atoms with van der Waals surface area (Å²) >= 11 is 0. The van der Waals surface area contributed by atoms with Gasteiger partial charge in [0.15, 0.2) is 0 Å². The summed E-state index contributed by atoms with van der Waals surface area (Å²) in [5.74, 6) is 1.29. The summed E-state index contributed by atoms with van der Waals surface area (Å²) in [6.45, 7) is 0.737. The Kier molecular flexibility index (Phi) is 3.36. The van der Waals surface area contributed by atoms with E-state index in [0.29, 0.717) is 17.7 Å². The van der Waals surface area contributed by atoms with Gasteiger partial charge in [0, 0.05) is 13.6 Å². The fourth-order valence-corrected chi connectivity index (χ4v) is 1.70. The highest BCUT2D eigenvalue weighted by atomic mass is 16.6. The molecular weight excluding hydrogens is 222 g/mol. The molecule has 0 aromatic carbocycles. The number of rotatable bonds is 5. The smallest absolute Gasteiger partial charge is 0.329 e. The van der Waals surface area contributed by atoms with E-state index in [-0.39, 0.29) is 5.69 Å². The van der Waals surface area contributed by atoms with Gasteiger partial charge in [-0.1, -0.05) is 6.42 Å². The van der Waals surface area contributed by atoms with E-state index in [1.807, 2.05) is 0 Å². The molecule has 2 N–H and O–H groups in total. The maximum Gasteiger partial charge on any atom is 0.329 e. The Morgan fingerprint density at radius 1 is 1.59 bits per heavy atom. The SMILES string of the molecule is CNc1ncc([N+](=O)[O-])c(NCC2CCC2)n1. The van der Waals surface area contributed by atoms with Gasteiger partial charge >= 0.3 is 5.69 Å². The normalized spacial score (nSPS) is 15.1. The van der Waals surface area contributed by atoms with Gasteiger partial charge in [0.1, 0.15) is 6.20 Å². The number of aromatic nitrogens is 2. The van der Waals surface area contributed by atoms with E-state index in [9.17, 15) is 10.1 Å². The molecule has 1 aliphatic carbocycles. The number of nitro groups is 1. The summed E-state index contributed by atoms with van der Waals surface area (Å²) in [4.78, 5) is 18.2. The quantitative estimate of drug-likeness (QED) is 0.597. The topological polar surface area (TPSA) is 93.0 Å². The molecule has 0 spiro atoms.